The number of nitrogens with one attached hydrogen (secondary N) is 1. The maximum absolute atomic E-state index is 12.9. The monoisotopic (exact) mass is 281 g/mol. The predicted octanol–water partition coefficient (Wildman–Crippen LogP) is 2.95. The van der Waals surface area contributed by atoms with Crippen molar-refractivity contribution in [3.8, 4) is 0 Å². The molecule has 2 nitrogen and oxygen atoms in total. The van der Waals surface area contributed by atoms with Crippen molar-refractivity contribution < 1.29 is 9.50 Å². The van der Waals surface area contributed by atoms with Crippen molar-refractivity contribution in [2.75, 3.05) is 6.61 Å². The highest BCUT2D eigenvalue weighted by atomic mass is 32.2. The van der Waals surface area contributed by atoms with E-state index in [0.29, 0.717) is 11.3 Å². The highest BCUT2D eigenvalue weighted by Crippen LogP contribution is 2.41. The number of hydrogen-bond donors (Lipinski definition) is 2. The molecule has 104 valence electrons. The van der Waals surface area contributed by atoms with Gasteiger partial charge in [-0.25, -0.2) is 4.39 Å². The second kappa shape index (κ2) is 5.43. The number of thioether (sulfide) groups is 1. The van der Waals surface area contributed by atoms with Crippen molar-refractivity contribution in [3.63, 3.8) is 0 Å². The summed E-state index contributed by atoms with van der Waals surface area (Å²) < 4.78 is 12.9. The molecule has 1 aromatic carbocycles. The summed E-state index contributed by atoms with van der Waals surface area (Å²) in [5.74, 6) is -0.184. The van der Waals surface area contributed by atoms with E-state index in [0.717, 1.165) is 24.2 Å². The van der Waals surface area contributed by atoms with E-state index < -0.39 is 0 Å². The molecule has 2 unspecified atom stereocenters. The van der Waals surface area contributed by atoms with Crippen LogP contribution >= 0.6 is 11.8 Å². The Bertz CT molecular complexity index is 434. The average Bonchev–Trinajstić information content (AvgIpc) is 3.13. The maximum Gasteiger partial charge on any atom is 0.123 e. The lowest BCUT2D eigenvalue weighted by Crippen LogP contribution is -2.47. The molecule has 2 aliphatic rings. The zero-order valence-electron chi connectivity index (χ0n) is 10.9. The second-order valence-electron chi connectivity index (χ2n) is 5.79. The number of benzene rings is 1. The van der Waals surface area contributed by atoms with E-state index in [2.05, 4.69) is 5.32 Å². The molecular weight excluding hydrogens is 261 g/mol. The highest BCUT2D eigenvalue weighted by molar-refractivity contribution is 8.00. The molecule has 2 aliphatic carbocycles. The van der Waals surface area contributed by atoms with E-state index in [1.54, 1.807) is 0 Å². The molecule has 0 radical (unpaired) electrons. The van der Waals surface area contributed by atoms with E-state index in [1.807, 2.05) is 23.9 Å². The van der Waals surface area contributed by atoms with E-state index in [4.69, 9.17) is 0 Å². The van der Waals surface area contributed by atoms with Crippen LogP contribution in [0.3, 0.4) is 0 Å². The summed E-state index contributed by atoms with van der Waals surface area (Å²) in [6.45, 7) is 0.226. The van der Waals surface area contributed by atoms with Crippen molar-refractivity contribution >= 4 is 11.8 Å². The minimum atomic E-state index is -0.184. The van der Waals surface area contributed by atoms with Crippen molar-refractivity contribution in [3.05, 3.63) is 30.1 Å². The third-order valence-electron chi connectivity index (χ3n) is 4.07. The van der Waals surface area contributed by atoms with Gasteiger partial charge < -0.3 is 10.4 Å². The van der Waals surface area contributed by atoms with Crippen molar-refractivity contribution in [2.45, 2.75) is 53.8 Å². The van der Waals surface area contributed by atoms with Crippen molar-refractivity contribution in [1.29, 1.82) is 0 Å². The van der Waals surface area contributed by atoms with Gasteiger partial charge >= 0.3 is 0 Å². The summed E-state index contributed by atoms with van der Waals surface area (Å²) >= 11 is 1.81. The minimum absolute atomic E-state index is 0.0706. The first-order valence-electron chi connectivity index (χ1n) is 7.00. The number of halogens is 1. The number of rotatable bonds is 5. The third-order valence-corrected chi connectivity index (χ3v) is 5.35. The van der Waals surface area contributed by atoms with Gasteiger partial charge in [-0.05, 0) is 56.4 Å². The Morgan fingerprint density at radius 1 is 1.26 bits per heavy atom. The van der Waals surface area contributed by atoms with E-state index in [-0.39, 0.29) is 18.0 Å². The van der Waals surface area contributed by atoms with Crippen LogP contribution in [-0.2, 0) is 0 Å². The van der Waals surface area contributed by atoms with Crippen LogP contribution in [0.4, 0.5) is 4.39 Å². The largest absolute Gasteiger partial charge is 0.394 e. The summed E-state index contributed by atoms with van der Waals surface area (Å²) in [5.41, 5.74) is -0.0706. The normalized spacial score (nSPS) is 30.7. The molecule has 19 heavy (non-hydrogen) atoms. The van der Waals surface area contributed by atoms with Gasteiger partial charge in [0.2, 0.25) is 0 Å². The Labute approximate surface area is 117 Å². The predicted molar refractivity (Wildman–Crippen MR) is 75.9 cm³/mol. The first-order chi connectivity index (χ1) is 9.19. The van der Waals surface area contributed by atoms with Crippen LogP contribution in [-0.4, -0.2) is 28.5 Å². The standard InChI is InChI=1S/C15H20FNOS/c16-11-1-5-13(6-2-11)19-14-7-8-15(9-14,10-18)17-12-3-4-12/h1-2,5-6,12,14,17-18H,3-4,7-10H2. The van der Waals surface area contributed by atoms with Gasteiger partial charge in [0.15, 0.2) is 0 Å². The molecule has 3 rings (SSSR count). The van der Waals surface area contributed by atoms with Gasteiger partial charge in [0.25, 0.3) is 0 Å². The van der Waals surface area contributed by atoms with Gasteiger partial charge in [-0.1, -0.05) is 0 Å². The van der Waals surface area contributed by atoms with Crippen molar-refractivity contribution in [2.24, 2.45) is 0 Å². The zero-order chi connectivity index (χ0) is 13.3. The van der Waals surface area contributed by atoms with Gasteiger partial charge in [-0.2, -0.15) is 0 Å². The lowest BCUT2D eigenvalue weighted by atomic mass is 9.99. The summed E-state index contributed by atoms with van der Waals surface area (Å²) in [5, 5.41) is 13.8. The molecule has 2 fully saturated rings. The Morgan fingerprint density at radius 3 is 2.63 bits per heavy atom. The molecule has 2 N–H and O–H groups in total. The van der Waals surface area contributed by atoms with Crippen LogP contribution in [0.5, 0.6) is 0 Å². The SMILES string of the molecule is OCC1(NC2CC2)CCC(Sc2ccc(F)cc2)C1. The Kier molecular flexibility index (Phi) is 3.83. The quantitative estimate of drug-likeness (QED) is 0.870. The highest BCUT2D eigenvalue weighted by Gasteiger charge is 2.42. The molecule has 0 heterocycles. The molecule has 2 atom stereocenters. The summed E-state index contributed by atoms with van der Waals surface area (Å²) in [7, 11) is 0. The van der Waals surface area contributed by atoms with E-state index in [9.17, 15) is 9.50 Å². The fourth-order valence-electron chi connectivity index (χ4n) is 2.86. The van der Waals surface area contributed by atoms with Gasteiger partial charge in [0.05, 0.1) is 6.61 Å². The first-order valence-corrected chi connectivity index (χ1v) is 7.88. The van der Waals surface area contributed by atoms with Crippen LogP contribution < -0.4 is 5.32 Å². The number of aliphatic hydroxyl groups excluding tert-OH is 1. The third kappa shape index (κ3) is 3.30. The smallest absolute Gasteiger partial charge is 0.123 e. The Morgan fingerprint density at radius 2 is 2.00 bits per heavy atom. The van der Waals surface area contributed by atoms with Crippen LogP contribution in [0, 0.1) is 5.82 Å². The minimum Gasteiger partial charge on any atom is -0.394 e. The number of aliphatic hydroxyl groups is 1. The Balaban J connectivity index is 1.59. The molecule has 0 amide bonds. The lowest BCUT2D eigenvalue weighted by molar-refractivity contribution is 0.163. The van der Waals surface area contributed by atoms with Crippen LogP contribution in [0.25, 0.3) is 0 Å². The molecule has 0 spiro atoms. The fraction of sp³-hybridized carbons (Fsp3) is 0.600. The average molecular weight is 281 g/mol. The van der Waals surface area contributed by atoms with E-state index in [1.165, 1.54) is 25.0 Å². The molecular formula is C15H20FNOS. The molecule has 0 saturated heterocycles. The van der Waals surface area contributed by atoms with E-state index >= 15 is 0 Å². The molecule has 4 heteroatoms. The summed E-state index contributed by atoms with van der Waals surface area (Å²) in [6, 6.07) is 7.33. The van der Waals surface area contributed by atoms with Gasteiger partial charge in [-0.15, -0.1) is 11.8 Å². The molecule has 0 aromatic heterocycles. The first kappa shape index (κ1) is 13.4. The molecule has 0 bridgehead atoms. The van der Waals surface area contributed by atoms with Crippen LogP contribution in [0.2, 0.25) is 0 Å². The summed E-state index contributed by atoms with van der Waals surface area (Å²) in [6.07, 6.45) is 5.65. The van der Waals surface area contributed by atoms with Gasteiger partial charge in [0.1, 0.15) is 5.82 Å². The van der Waals surface area contributed by atoms with Crippen LogP contribution in [0.15, 0.2) is 29.2 Å². The Hall–Kier alpha value is -0.580. The maximum atomic E-state index is 12.9. The van der Waals surface area contributed by atoms with Crippen LogP contribution in [0.1, 0.15) is 32.1 Å². The van der Waals surface area contributed by atoms with Crippen molar-refractivity contribution in [1.82, 2.24) is 5.32 Å². The zero-order valence-corrected chi connectivity index (χ0v) is 11.8. The second-order valence-corrected chi connectivity index (χ2v) is 7.17. The van der Waals surface area contributed by atoms with Gasteiger partial charge in [-0.3, -0.25) is 0 Å². The molecule has 1 aromatic rings. The van der Waals surface area contributed by atoms with Gasteiger partial charge in [0, 0.05) is 21.7 Å². The fourth-order valence-corrected chi connectivity index (χ4v) is 4.18. The molecule has 0 aliphatic heterocycles. The summed E-state index contributed by atoms with van der Waals surface area (Å²) in [4.78, 5) is 1.12. The lowest BCUT2D eigenvalue weighted by Gasteiger charge is -2.28. The topological polar surface area (TPSA) is 32.3 Å². The number of hydrogen-bond acceptors (Lipinski definition) is 3. The molecule has 2 saturated carbocycles.